The first-order valence-corrected chi connectivity index (χ1v) is 43.4. The number of hydrogen-bond acceptors (Lipinski definition) is 21. The van der Waals surface area contributed by atoms with Crippen molar-refractivity contribution in [2.24, 2.45) is 20.0 Å². The van der Waals surface area contributed by atoms with Crippen molar-refractivity contribution in [2.45, 2.75) is 155 Å². The third-order valence-corrected chi connectivity index (χ3v) is 25.4. The molecule has 2 saturated carbocycles. The monoisotopic (exact) mass is 1680 g/mol. The second-order valence-corrected chi connectivity index (χ2v) is 33.8. The Hall–Kier alpha value is -15.3. The molecule has 4 amide bonds. The summed E-state index contributed by atoms with van der Waals surface area (Å²) in [6, 6.07) is 28.0. The fourth-order valence-electron chi connectivity index (χ4n) is 18.5. The highest BCUT2D eigenvalue weighted by molar-refractivity contribution is 6.19. The predicted octanol–water partition coefficient (Wildman–Crippen LogP) is 12.5. The molecular weight excluding hydrogens is 1600 g/mol. The van der Waals surface area contributed by atoms with E-state index < -0.39 is 0 Å². The quantitative estimate of drug-likeness (QED) is 0.168. The van der Waals surface area contributed by atoms with Crippen molar-refractivity contribution in [3.05, 3.63) is 256 Å². The van der Waals surface area contributed by atoms with Gasteiger partial charge < -0.3 is 5.32 Å². The van der Waals surface area contributed by atoms with Crippen molar-refractivity contribution < 1.29 is 19.2 Å². The maximum Gasteiger partial charge on any atom is 0.236 e. The molecule has 16 aromatic heterocycles. The van der Waals surface area contributed by atoms with Gasteiger partial charge in [-0.1, -0.05) is 18.2 Å². The Balaban J connectivity index is 0.0000000972. The lowest BCUT2D eigenvalue weighted by molar-refractivity contribution is -0.119. The van der Waals surface area contributed by atoms with Crippen LogP contribution >= 0.6 is 0 Å². The molecule has 10 aliphatic rings. The van der Waals surface area contributed by atoms with E-state index in [2.05, 4.69) is 62.1 Å². The Bertz CT molecular complexity index is 7220. The second-order valence-electron chi connectivity index (χ2n) is 33.8. The van der Waals surface area contributed by atoms with E-state index in [0.29, 0.717) is 138 Å². The lowest BCUT2D eigenvalue weighted by atomic mass is 9.99. The highest BCUT2D eigenvalue weighted by Gasteiger charge is 2.38. The number of aryl methyl sites for hydroxylation is 6. The van der Waals surface area contributed by atoms with E-state index >= 15 is 0 Å². The summed E-state index contributed by atoms with van der Waals surface area (Å²) in [7, 11) is 5.39. The minimum atomic E-state index is -0.0582. The summed E-state index contributed by atoms with van der Waals surface area (Å²) in [6.45, 7) is 9.02. The van der Waals surface area contributed by atoms with E-state index in [1.807, 2.05) is 180 Å². The van der Waals surface area contributed by atoms with Crippen molar-refractivity contribution in [2.75, 3.05) is 41.2 Å². The van der Waals surface area contributed by atoms with Crippen molar-refractivity contribution in [1.29, 1.82) is 0 Å². The van der Waals surface area contributed by atoms with Gasteiger partial charge >= 0.3 is 0 Å². The van der Waals surface area contributed by atoms with Gasteiger partial charge in [0, 0.05) is 232 Å². The Morgan fingerprint density at radius 1 is 0.362 bits per heavy atom. The smallest absolute Gasteiger partial charge is 0.236 e. The Labute approximate surface area is 726 Å². The average molecular weight is 1680 g/mol. The van der Waals surface area contributed by atoms with Gasteiger partial charge in [-0.05, 0) is 132 Å². The van der Waals surface area contributed by atoms with Crippen molar-refractivity contribution in [3.8, 4) is 45.0 Å². The van der Waals surface area contributed by atoms with Gasteiger partial charge in [0.2, 0.25) is 29.4 Å². The van der Waals surface area contributed by atoms with Crippen LogP contribution in [0.25, 0.3) is 67.7 Å². The van der Waals surface area contributed by atoms with Gasteiger partial charge in [-0.2, -0.15) is 25.4 Å². The summed E-state index contributed by atoms with van der Waals surface area (Å²) in [5.74, 6) is 4.03. The number of anilines is 4. The third kappa shape index (κ3) is 13.5. The maximum absolute atomic E-state index is 13.1. The average Bonchev–Trinajstić information content (AvgIpc) is 1.60. The zero-order valence-electron chi connectivity index (χ0n) is 70.5. The molecule has 24 heterocycles. The number of nitrogens with one attached hydrogen (secondary N) is 1. The number of hydrogen-bond donors (Lipinski definition) is 1. The molecule has 0 atom stereocenters. The first-order valence-electron chi connectivity index (χ1n) is 43.4. The van der Waals surface area contributed by atoms with Crippen molar-refractivity contribution in [1.82, 2.24) is 102 Å². The number of aromatic nitrogens is 21. The minimum Gasteiger partial charge on any atom is -0.309 e. The van der Waals surface area contributed by atoms with Gasteiger partial charge in [0.25, 0.3) is 0 Å². The van der Waals surface area contributed by atoms with Crippen LogP contribution in [-0.4, -0.2) is 169 Å². The molecule has 8 aliphatic heterocycles. The lowest BCUT2D eigenvalue weighted by Gasteiger charge is -2.17. The molecule has 0 saturated heterocycles. The summed E-state index contributed by atoms with van der Waals surface area (Å²) < 4.78 is 15.8. The maximum atomic E-state index is 13.1. The minimum absolute atomic E-state index is 0.0166. The van der Waals surface area contributed by atoms with Crippen LogP contribution in [0.2, 0.25) is 0 Å². The molecule has 0 aromatic carbocycles. The van der Waals surface area contributed by atoms with E-state index in [4.69, 9.17) is 65.1 Å². The molecule has 16 aromatic rings. The standard InChI is InChI=1S/C25H23N7O.C24H22N8O.C23H21N7O.C22H19N7O/c1-30-21(33)6-4-9-31-14-18(22(29-31)15-7-8-15)23-17-11-16(12-26-19(17)13-27-23)24-25(30)28-20-5-2-3-10-32(20)24;1-30-19(33)4-2-8-31-13-17(20(29-31)14-5-6-14)21-16-10-15(11-26-18(16)12-27-21)22-23(30)28-24-25-7-3-9-32(22)24;1-14-17-13-29(27-14)8-5-7-20(31)28(2)23-22(30-9-4-3-6-19(30)26-23)15-10-16-18(24-11-15)12-25-21(16)17;1-13-16-12-28(27-13)7-4-6-19(30)26-22-21(29-8-3-2-5-18(29)25-22)14-9-15-17(23-10-14)11-24-20(15)16/h2-3,5,10-12,14-15H,4,6-9,13H2,1H3;3,7,9-11,13-14H,2,4-6,8,12H2,1H3;3-4,6,9-11,13H,5,7-8,12H2,1-2H3;2-3,5,8-10,12H,4,6-7,11H2,1H3,(H,26,30). The first kappa shape index (κ1) is 76.6. The van der Waals surface area contributed by atoms with Crippen LogP contribution in [-0.2, 0) is 71.5 Å². The Morgan fingerprint density at radius 2 is 0.717 bits per heavy atom. The molecule has 26 rings (SSSR count). The zero-order valence-corrected chi connectivity index (χ0v) is 70.5. The molecule has 1 N–H and O–H groups in total. The second kappa shape index (κ2) is 30.6. The number of carbonyl (C=O) groups is 4. The van der Waals surface area contributed by atoms with Gasteiger partial charge in [-0.3, -0.25) is 110 Å². The number of amides is 4. The van der Waals surface area contributed by atoms with Gasteiger partial charge in [0.05, 0.1) is 112 Å². The number of pyridine rings is 7. The number of carbonyl (C=O) groups excluding carboxylic acids is 4. The van der Waals surface area contributed by atoms with Crippen LogP contribution in [0.1, 0.15) is 179 Å². The number of rotatable bonds is 2. The van der Waals surface area contributed by atoms with Gasteiger partial charge in [-0.15, -0.1) is 0 Å². The summed E-state index contributed by atoms with van der Waals surface area (Å²) in [5.41, 5.74) is 29.5. The van der Waals surface area contributed by atoms with Gasteiger partial charge in [0.1, 0.15) is 22.6 Å². The van der Waals surface area contributed by atoms with E-state index in [0.717, 1.165) is 181 Å². The fraction of sp³-hybridized carbons (Fsp3) is 0.287. The third-order valence-electron chi connectivity index (χ3n) is 25.4. The number of nitrogens with zero attached hydrogens (tertiary/aromatic N) is 28. The highest BCUT2D eigenvalue weighted by Crippen LogP contribution is 2.46. The Kier molecular flexibility index (Phi) is 18.4. The lowest BCUT2D eigenvalue weighted by Crippen LogP contribution is -2.27. The van der Waals surface area contributed by atoms with E-state index in [9.17, 15) is 19.2 Å². The number of imidazole rings is 4. The van der Waals surface area contributed by atoms with Gasteiger partial charge in [-0.25, -0.2) is 19.9 Å². The van der Waals surface area contributed by atoms with Crippen LogP contribution in [0.5, 0.6) is 0 Å². The van der Waals surface area contributed by atoms with E-state index in [-0.39, 0.29) is 23.6 Å². The SMILES string of the molecule is CN1C(=O)CCCn2cc(c(C3CC3)n2)C2=NCc3ncc(cc32)-c2c1nc1ccccn21.CN1C(=O)CCCn2cc(c(C3CC3)n2)C2=NCc3ncc(cc32)-c2c1nc1ncccn21.Cc1nn2cc1C1=NCc3ncc(cc31)-c1c(nc3ccccn13)N(C)C(=O)CCC2.Cc1nn2cc1C1=NCc3ncc(cc31)-c1c(nc3ccccn13)NC(=O)CCC2. The van der Waals surface area contributed by atoms with Crippen LogP contribution in [0.3, 0.4) is 0 Å². The van der Waals surface area contributed by atoms with Crippen molar-refractivity contribution >= 4 is 92.5 Å². The predicted molar refractivity (Wildman–Crippen MR) is 477 cm³/mol. The summed E-state index contributed by atoms with van der Waals surface area (Å²) in [4.78, 5) is 119. The highest BCUT2D eigenvalue weighted by atomic mass is 16.2. The van der Waals surface area contributed by atoms with Crippen LogP contribution in [0, 0.1) is 13.8 Å². The molecule has 16 bridgehead atoms. The summed E-state index contributed by atoms with van der Waals surface area (Å²) >= 11 is 0. The molecule has 0 radical (unpaired) electrons. The molecule has 0 spiro atoms. The van der Waals surface area contributed by atoms with E-state index in [1.54, 1.807) is 35.0 Å². The molecular formula is C94H85N29O4. The Morgan fingerprint density at radius 3 is 1.14 bits per heavy atom. The fourth-order valence-corrected chi connectivity index (χ4v) is 18.5. The summed E-state index contributed by atoms with van der Waals surface area (Å²) in [6.07, 6.45) is 34.5. The first-order chi connectivity index (χ1) is 62.1. The topological polar surface area (TPSA) is 344 Å². The zero-order chi connectivity index (χ0) is 85.6. The van der Waals surface area contributed by atoms with Crippen LogP contribution < -0.4 is 20.0 Å². The van der Waals surface area contributed by atoms with Gasteiger partial charge in [0.15, 0.2) is 23.3 Å². The number of fused-ring (bicyclic) bond motifs is 32. The number of aliphatic imine (C=N–C) groups is 4. The largest absolute Gasteiger partial charge is 0.309 e. The summed E-state index contributed by atoms with van der Waals surface area (Å²) in [5, 5.41) is 22.1. The van der Waals surface area contributed by atoms with Crippen molar-refractivity contribution in [3.63, 3.8) is 0 Å². The molecule has 33 nitrogen and oxygen atoms in total. The van der Waals surface area contributed by atoms with E-state index in [1.165, 1.54) is 25.7 Å². The molecule has 127 heavy (non-hydrogen) atoms. The van der Waals surface area contributed by atoms with Crippen LogP contribution in [0.15, 0.2) is 185 Å². The molecule has 2 fully saturated rings. The molecule has 33 heteroatoms. The molecule has 0 unspecified atom stereocenters. The molecule has 2 aliphatic carbocycles. The molecule has 630 valence electrons. The normalized spacial score (nSPS) is 16.7. The van der Waals surface area contributed by atoms with Crippen LogP contribution in [0.4, 0.5) is 23.3 Å².